The third-order valence-electron chi connectivity index (χ3n) is 3.99. The predicted molar refractivity (Wildman–Crippen MR) is 96.6 cm³/mol. The van der Waals surface area contributed by atoms with Gasteiger partial charge in [0.25, 0.3) is 5.91 Å². The molecule has 3 aromatic rings. The predicted octanol–water partition coefficient (Wildman–Crippen LogP) is 3.90. The molecule has 124 valence electrons. The lowest BCUT2D eigenvalue weighted by Crippen LogP contribution is -2.33. The molecule has 2 aromatic carbocycles. The molecule has 0 saturated carbocycles. The van der Waals surface area contributed by atoms with Gasteiger partial charge >= 0.3 is 0 Å². The number of benzene rings is 2. The Morgan fingerprint density at radius 2 is 1.92 bits per heavy atom. The summed E-state index contributed by atoms with van der Waals surface area (Å²) < 4.78 is 5.50. The Morgan fingerprint density at radius 1 is 1.17 bits per heavy atom. The number of nitrogens with zero attached hydrogens (tertiary/aromatic N) is 1. The van der Waals surface area contributed by atoms with Crippen LogP contribution in [0.5, 0.6) is 5.75 Å². The average molecular weight is 343 g/mol. The fourth-order valence-electron chi connectivity index (χ4n) is 2.54. The molecule has 5 heteroatoms. The second-order valence-corrected chi connectivity index (χ2v) is 6.10. The molecule has 0 radical (unpaired) electrons. The second-order valence-electron chi connectivity index (χ2n) is 5.67. The lowest BCUT2D eigenvalue weighted by Gasteiger charge is -2.17. The number of aromatic amines is 1. The fourth-order valence-corrected chi connectivity index (χ4v) is 2.66. The number of carbonyl (C=O) groups is 1. The summed E-state index contributed by atoms with van der Waals surface area (Å²) in [6.45, 7) is 0.663. The van der Waals surface area contributed by atoms with Crippen molar-refractivity contribution >= 4 is 28.4 Å². The van der Waals surface area contributed by atoms with Crippen LogP contribution in [0.25, 0.3) is 10.9 Å². The van der Waals surface area contributed by atoms with Gasteiger partial charge < -0.3 is 14.6 Å². The maximum Gasteiger partial charge on any atom is 0.260 e. The number of fused-ring (bicyclic) bond motifs is 1. The first-order valence-electron chi connectivity index (χ1n) is 7.81. The Morgan fingerprint density at radius 3 is 2.71 bits per heavy atom. The van der Waals surface area contributed by atoms with E-state index in [1.807, 2.05) is 24.4 Å². The van der Waals surface area contributed by atoms with E-state index >= 15 is 0 Å². The SMILES string of the molecule is CN(CCc1c[nH]c2ccccc12)C(=O)COc1ccc(Cl)cc1. The van der Waals surface area contributed by atoms with Crippen LogP contribution >= 0.6 is 11.6 Å². The second kappa shape index (κ2) is 7.41. The average Bonchev–Trinajstić information content (AvgIpc) is 3.02. The Labute approximate surface area is 146 Å². The summed E-state index contributed by atoms with van der Waals surface area (Å²) in [5.41, 5.74) is 2.33. The van der Waals surface area contributed by atoms with Crippen LogP contribution in [0.1, 0.15) is 5.56 Å². The Balaban J connectivity index is 1.51. The molecule has 1 heterocycles. The summed E-state index contributed by atoms with van der Waals surface area (Å²) in [4.78, 5) is 17.1. The number of ether oxygens (including phenoxy) is 1. The number of hydrogen-bond donors (Lipinski definition) is 1. The maximum atomic E-state index is 12.2. The molecule has 0 aliphatic carbocycles. The van der Waals surface area contributed by atoms with Crippen LogP contribution < -0.4 is 4.74 Å². The van der Waals surface area contributed by atoms with Gasteiger partial charge in [0, 0.05) is 35.7 Å². The van der Waals surface area contributed by atoms with E-state index < -0.39 is 0 Å². The van der Waals surface area contributed by atoms with Crippen LogP contribution in [0.2, 0.25) is 5.02 Å². The highest BCUT2D eigenvalue weighted by molar-refractivity contribution is 6.30. The zero-order valence-corrected chi connectivity index (χ0v) is 14.2. The Bertz CT molecular complexity index is 827. The van der Waals surface area contributed by atoms with E-state index in [9.17, 15) is 4.79 Å². The first-order chi connectivity index (χ1) is 11.6. The number of nitrogens with one attached hydrogen (secondary N) is 1. The number of hydrogen-bond acceptors (Lipinski definition) is 2. The topological polar surface area (TPSA) is 45.3 Å². The number of carbonyl (C=O) groups excluding carboxylic acids is 1. The summed E-state index contributed by atoms with van der Waals surface area (Å²) >= 11 is 5.82. The number of H-pyrrole nitrogens is 1. The van der Waals surface area contributed by atoms with Gasteiger partial charge in [0.1, 0.15) is 5.75 Å². The molecule has 0 fully saturated rings. The summed E-state index contributed by atoms with van der Waals surface area (Å²) in [5.74, 6) is 0.586. The van der Waals surface area contributed by atoms with Gasteiger partial charge in [-0.2, -0.15) is 0 Å². The van der Waals surface area contributed by atoms with Crippen molar-refractivity contribution in [2.24, 2.45) is 0 Å². The minimum atomic E-state index is -0.0511. The van der Waals surface area contributed by atoms with Crippen molar-refractivity contribution in [3.8, 4) is 5.75 Å². The molecule has 1 N–H and O–H groups in total. The van der Waals surface area contributed by atoms with Gasteiger partial charge in [0.2, 0.25) is 0 Å². The van der Waals surface area contributed by atoms with Crippen molar-refractivity contribution < 1.29 is 9.53 Å². The largest absolute Gasteiger partial charge is 0.484 e. The minimum absolute atomic E-state index is 0.0199. The maximum absolute atomic E-state index is 12.2. The van der Waals surface area contributed by atoms with Gasteiger partial charge in [-0.05, 0) is 42.3 Å². The molecule has 0 aliphatic rings. The van der Waals surface area contributed by atoms with Crippen LogP contribution in [0.4, 0.5) is 0 Å². The molecule has 1 aromatic heterocycles. The van der Waals surface area contributed by atoms with Gasteiger partial charge in [-0.15, -0.1) is 0 Å². The van der Waals surface area contributed by atoms with Crippen LogP contribution in [-0.4, -0.2) is 36.0 Å². The molecule has 0 unspecified atom stereocenters. The molecule has 0 bridgehead atoms. The van der Waals surface area contributed by atoms with Crippen LogP contribution in [0.3, 0.4) is 0 Å². The number of halogens is 1. The van der Waals surface area contributed by atoms with Gasteiger partial charge in [-0.25, -0.2) is 0 Å². The lowest BCUT2D eigenvalue weighted by molar-refractivity contribution is -0.132. The van der Waals surface area contributed by atoms with Crippen LogP contribution in [-0.2, 0) is 11.2 Å². The minimum Gasteiger partial charge on any atom is -0.484 e. The molecule has 0 aliphatic heterocycles. The van der Waals surface area contributed by atoms with E-state index in [1.54, 1.807) is 36.2 Å². The number of amides is 1. The Kier molecular flexibility index (Phi) is 5.06. The van der Waals surface area contributed by atoms with E-state index in [1.165, 1.54) is 10.9 Å². The molecule has 3 rings (SSSR count). The zero-order chi connectivity index (χ0) is 16.9. The third-order valence-corrected chi connectivity index (χ3v) is 4.25. The van der Waals surface area contributed by atoms with Crippen molar-refractivity contribution in [1.29, 1.82) is 0 Å². The van der Waals surface area contributed by atoms with E-state index in [0.717, 1.165) is 11.9 Å². The summed E-state index contributed by atoms with van der Waals surface area (Å²) in [7, 11) is 1.79. The lowest BCUT2D eigenvalue weighted by atomic mass is 10.1. The highest BCUT2D eigenvalue weighted by atomic mass is 35.5. The molecule has 1 amide bonds. The fraction of sp³-hybridized carbons (Fsp3) is 0.211. The molecule has 0 spiro atoms. The first-order valence-corrected chi connectivity index (χ1v) is 8.18. The molecular formula is C19H19ClN2O2. The van der Waals surface area contributed by atoms with E-state index in [-0.39, 0.29) is 12.5 Å². The number of rotatable bonds is 6. The number of likely N-dealkylation sites (N-methyl/N-ethyl adjacent to an activating group) is 1. The van der Waals surface area contributed by atoms with Crippen LogP contribution in [0.15, 0.2) is 54.7 Å². The summed E-state index contributed by atoms with van der Waals surface area (Å²) in [5, 5.41) is 1.85. The van der Waals surface area contributed by atoms with Gasteiger partial charge in [-0.1, -0.05) is 29.8 Å². The monoisotopic (exact) mass is 342 g/mol. The van der Waals surface area contributed by atoms with E-state index in [2.05, 4.69) is 11.1 Å². The molecule has 24 heavy (non-hydrogen) atoms. The van der Waals surface area contributed by atoms with Crippen LogP contribution in [0, 0.1) is 0 Å². The van der Waals surface area contributed by atoms with E-state index in [0.29, 0.717) is 17.3 Å². The van der Waals surface area contributed by atoms with Crippen molar-refractivity contribution in [3.63, 3.8) is 0 Å². The van der Waals surface area contributed by atoms with Crippen molar-refractivity contribution in [3.05, 3.63) is 65.3 Å². The van der Waals surface area contributed by atoms with Gasteiger partial charge in [0.15, 0.2) is 6.61 Å². The summed E-state index contributed by atoms with van der Waals surface area (Å²) in [6.07, 6.45) is 2.81. The summed E-state index contributed by atoms with van der Waals surface area (Å²) in [6, 6.07) is 15.1. The third kappa shape index (κ3) is 3.89. The van der Waals surface area contributed by atoms with Crippen molar-refractivity contribution in [2.45, 2.75) is 6.42 Å². The molecular weight excluding hydrogens is 324 g/mol. The highest BCUT2D eigenvalue weighted by Gasteiger charge is 2.11. The zero-order valence-electron chi connectivity index (χ0n) is 13.5. The molecule has 0 atom stereocenters. The standard InChI is InChI=1S/C19H19ClN2O2/c1-22(19(23)13-24-16-8-6-15(20)7-9-16)11-10-14-12-21-18-5-3-2-4-17(14)18/h2-9,12,21H,10-11,13H2,1H3. The van der Waals surface area contributed by atoms with E-state index in [4.69, 9.17) is 16.3 Å². The van der Waals surface area contributed by atoms with Crippen molar-refractivity contribution in [1.82, 2.24) is 9.88 Å². The normalized spacial score (nSPS) is 10.8. The quantitative estimate of drug-likeness (QED) is 0.738. The molecule has 4 nitrogen and oxygen atoms in total. The first kappa shape index (κ1) is 16.4. The van der Waals surface area contributed by atoms with Gasteiger partial charge in [0.05, 0.1) is 0 Å². The number of aromatic nitrogens is 1. The smallest absolute Gasteiger partial charge is 0.260 e. The highest BCUT2D eigenvalue weighted by Crippen LogP contribution is 2.18. The molecule has 0 saturated heterocycles. The number of para-hydroxylation sites is 1. The van der Waals surface area contributed by atoms with Crippen molar-refractivity contribution in [2.75, 3.05) is 20.2 Å². The van der Waals surface area contributed by atoms with Gasteiger partial charge in [-0.3, -0.25) is 4.79 Å². The Hall–Kier alpha value is -2.46.